The lowest BCUT2D eigenvalue weighted by Gasteiger charge is -2.16. The molecular weight excluding hydrogens is 385 g/mol. The van der Waals surface area contributed by atoms with Crippen LogP contribution in [-0.2, 0) is 12.6 Å². The summed E-state index contributed by atoms with van der Waals surface area (Å²) in [5.74, 6) is 0.0191. The molecular formula is C21H19F3N2O3. The smallest absolute Gasteiger partial charge is 0.419 e. The van der Waals surface area contributed by atoms with Gasteiger partial charge in [0.2, 0.25) is 5.82 Å². The maximum atomic E-state index is 13.5. The van der Waals surface area contributed by atoms with Crippen molar-refractivity contribution in [1.82, 2.24) is 10.1 Å². The summed E-state index contributed by atoms with van der Waals surface area (Å²) >= 11 is 0. The molecule has 5 nitrogen and oxygen atoms in total. The number of rotatable bonds is 4. The van der Waals surface area contributed by atoms with Gasteiger partial charge in [0.1, 0.15) is 5.75 Å². The van der Waals surface area contributed by atoms with E-state index in [1.54, 1.807) is 19.9 Å². The minimum atomic E-state index is -4.58. The third-order valence-electron chi connectivity index (χ3n) is 4.80. The van der Waals surface area contributed by atoms with E-state index < -0.39 is 23.9 Å². The molecule has 0 aliphatic heterocycles. The number of benzene rings is 2. The Labute approximate surface area is 165 Å². The first-order valence-corrected chi connectivity index (χ1v) is 9.26. The number of hydrogen-bond acceptors (Lipinski definition) is 5. The Hall–Kier alpha value is -2.87. The van der Waals surface area contributed by atoms with Crippen LogP contribution < -0.4 is 4.74 Å². The number of fused-ring (bicyclic) bond motifs is 1. The van der Waals surface area contributed by atoms with Gasteiger partial charge in [-0.1, -0.05) is 23.4 Å². The van der Waals surface area contributed by atoms with Crippen molar-refractivity contribution in [2.75, 3.05) is 0 Å². The summed E-state index contributed by atoms with van der Waals surface area (Å²) < 4.78 is 51.0. The van der Waals surface area contributed by atoms with Gasteiger partial charge in [0.25, 0.3) is 5.89 Å². The Kier molecular flexibility index (Phi) is 4.82. The molecule has 1 aromatic heterocycles. The maximum Gasteiger partial charge on any atom is 0.419 e. The van der Waals surface area contributed by atoms with E-state index in [2.05, 4.69) is 10.1 Å². The zero-order chi connectivity index (χ0) is 20.8. The van der Waals surface area contributed by atoms with Crippen LogP contribution in [0.2, 0.25) is 0 Å². The van der Waals surface area contributed by atoms with Crippen LogP contribution in [0.1, 0.15) is 43.1 Å². The lowest BCUT2D eigenvalue weighted by Crippen LogP contribution is -2.13. The zero-order valence-corrected chi connectivity index (χ0v) is 15.8. The van der Waals surface area contributed by atoms with Crippen LogP contribution in [0, 0.1) is 0 Å². The van der Waals surface area contributed by atoms with Crippen LogP contribution in [-0.4, -0.2) is 21.4 Å². The number of aromatic nitrogens is 2. The molecule has 3 aromatic rings. The number of nitrogens with zero attached hydrogens (tertiary/aromatic N) is 2. The maximum absolute atomic E-state index is 13.5. The summed E-state index contributed by atoms with van der Waals surface area (Å²) in [6.07, 6.45) is -4.22. The van der Waals surface area contributed by atoms with Crippen LogP contribution in [0.5, 0.6) is 5.75 Å². The number of aliphatic hydroxyl groups excluding tert-OH is 1. The summed E-state index contributed by atoms with van der Waals surface area (Å²) in [6.45, 7) is 3.32. The summed E-state index contributed by atoms with van der Waals surface area (Å²) in [5, 5.41) is 14.0. The molecule has 1 heterocycles. The molecule has 0 saturated heterocycles. The van der Waals surface area contributed by atoms with Gasteiger partial charge in [-0.2, -0.15) is 18.2 Å². The predicted octanol–water partition coefficient (Wildman–Crippen LogP) is 5.19. The highest BCUT2D eigenvalue weighted by atomic mass is 19.4. The molecule has 1 aliphatic carbocycles. The van der Waals surface area contributed by atoms with E-state index >= 15 is 0 Å². The summed E-state index contributed by atoms with van der Waals surface area (Å²) in [5.41, 5.74) is 1.73. The average molecular weight is 404 g/mol. The highest BCUT2D eigenvalue weighted by Crippen LogP contribution is 2.40. The van der Waals surface area contributed by atoms with Crippen molar-refractivity contribution in [3.05, 3.63) is 53.1 Å². The van der Waals surface area contributed by atoms with E-state index in [0.717, 1.165) is 17.2 Å². The van der Waals surface area contributed by atoms with E-state index in [1.807, 2.05) is 12.1 Å². The Balaban J connectivity index is 1.72. The molecule has 0 amide bonds. The number of ether oxygens (including phenoxy) is 1. The molecule has 0 spiro atoms. The summed E-state index contributed by atoms with van der Waals surface area (Å²) in [7, 11) is 0. The fourth-order valence-electron chi connectivity index (χ4n) is 3.53. The van der Waals surface area contributed by atoms with Gasteiger partial charge in [-0.25, -0.2) is 0 Å². The Morgan fingerprint density at radius 1 is 1.21 bits per heavy atom. The second-order valence-corrected chi connectivity index (χ2v) is 7.23. The van der Waals surface area contributed by atoms with Gasteiger partial charge >= 0.3 is 6.18 Å². The minimum absolute atomic E-state index is 0.0160. The molecule has 0 saturated carbocycles. The SMILES string of the molecule is CC(C)Oc1ccc(-c2nc(-c3cccc4c3CC[C@@H]4O)no2)cc1C(F)(F)F. The molecule has 29 heavy (non-hydrogen) atoms. The fourth-order valence-corrected chi connectivity index (χ4v) is 3.53. The van der Waals surface area contributed by atoms with Gasteiger partial charge in [-0.05, 0) is 56.0 Å². The van der Waals surface area contributed by atoms with Gasteiger partial charge in [0.05, 0.1) is 17.8 Å². The van der Waals surface area contributed by atoms with Crippen LogP contribution >= 0.6 is 0 Å². The lowest BCUT2D eigenvalue weighted by molar-refractivity contribution is -0.139. The van der Waals surface area contributed by atoms with Crippen molar-refractivity contribution in [2.24, 2.45) is 0 Å². The molecule has 4 rings (SSSR count). The van der Waals surface area contributed by atoms with Crippen LogP contribution in [0.3, 0.4) is 0 Å². The van der Waals surface area contributed by atoms with Crippen molar-refractivity contribution in [2.45, 2.75) is 45.1 Å². The molecule has 0 unspecified atom stereocenters. The molecule has 1 N–H and O–H groups in total. The van der Waals surface area contributed by atoms with Crippen molar-refractivity contribution < 1.29 is 27.5 Å². The van der Waals surface area contributed by atoms with E-state index in [4.69, 9.17) is 9.26 Å². The lowest BCUT2D eigenvalue weighted by atomic mass is 10.0. The molecule has 0 bridgehead atoms. The Morgan fingerprint density at radius 2 is 2.00 bits per heavy atom. The third kappa shape index (κ3) is 3.72. The van der Waals surface area contributed by atoms with Crippen molar-refractivity contribution in [3.63, 3.8) is 0 Å². The van der Waals surface area contributed by atoms with Crippen LogP contribution in [0.15, 0.2) is 40.9 Å². The second kappa shape index (κ2) is 7.18. The first-order valence-electron chi connectivity index (χ1n) is 9.26. The van der Waals surface area contributed by atoms with Crippen LogP contribution in [0.4, 0.5) is 13.2 Å². The van der Waals surface area contributed by atoms with E-state index in [9.17, 15) is 18.3 Å². The molecule has 1 aliphatic rings. The predicted molar refractivity (Wildman–Crippen MR) is 99.2 cm³/mol. The molecule has 8 heteroatoms. The number of alkyl halides is 3. The largest absolute Gasteiger partial charge is 0.490 e. The van der Waals surface area contributed by atoms with Gasteiger partial charge in [-0.15, -0.1) is 0 Å². The molecule has 0 radical (unpaired) electrons. The van der Waals surface area contributed by atoms with Gasteiger partial charge < -0.3 is 14.4 Å². The van der Waals surface area contributed by atoms with E-state index in [0.29, 0.717) is 18.4 Å². The van der Waals surface area contributed by atoms with E-state index in [-0.39, 0.29) is 23.0 Å². The van der Waals surface area contributed by atoms with E-state index in [1.165, 1.54) is 12.1 Å². The first-order chi connectivity index (χ1) is 13.7. The van der Waals surface area contributed by atoms with Crippen molar-refractivity contribution in [1.29, 1.82) is 0 Å². The average Bonchev–Trinajstić information content (AvgIpc) is 3.28. The van der Waals surface area contributed by atoms with Crippen molar-refractivity contribution in [3.8, 4) is 28.6 Å². The quantitative estimate of drug-likeness (QED) is 0.648. The first kappa shape index (κ1) is 19.4. The third-order valence-corrected chi connectivity index (χ3v) is 4.80. The number of halogens is 3. The number of aliphatic hydroxyl groups is 1. The Bertz CT molecular complexity index is 1040. The highest BCUT2D eigenvalue weighted by Gasteiger charge is 2.35. The topological polar surface area (TPSA) is 68.4 Å². The standard InChI is InChI=1S/C21H19F3N2O3/c1-11(2)28-18-9-6-12(10-16(18)21(22,23)24)20-25-19(26-29-20)15-5-3-4-14-13(15)7-8-17(14)27/h3-6,9-11,17,27H,7-8H2,1-2H3/t17-/m0/s1. The van der Waals surface area contributed by atoms with Gasteiger partial charge in [0, 0.05) is 11.1 Å². The molecule has 1 atom stereocenters. The normalized spacial score (nSPS) is 16.3. The highest BCUT2D eigenvalue weighted by molar-refractivity contribution is 5.66. The zero-order valence-electron chi connectivity index (χ0n) is 15.8. The number of hydrogen-bond donors (Lipinski definition) is 1. The summed E-state index contributed by atoms with van der Waals surface area (Å²) in [6, 6.07) is 9.13. The van der Waals surface area contributed by atoms with Crippen LogP contribution in [0.25, 0.3) is 22.8 Å². The Morgan fingerprint density at radius 3 is 2.72 bits per heavy atom. The van der Waals surface area contributed by atoms with Gasteiger partial charge in [-0.3, -0.25) is 0 Å². The summed E-state index contributed by atoms with van der Waals surface area (Å²) in [4.78, 5) is 4.30. The minimum Gasteiger partial charge on any atom is -0.490 e. The molecule has 2 aromatic carbocycles. The monoisotopic (exact) mass is 404 g/mol. The molecule has 152 valence electrons. The van der Waals surface area contributed by atoms with Gasteiger partial charge in [0.15, 0.2) is 0 Å². The molecule has 0 fully saturated rings. The van der Waals surface area contributed by atoms with Crippen molar-refractivity contribution >= 4 is 0 Å². The fraction of sp³-hybridized carbons (Fsp3) is 0.333. The second-order valence-electron chi connectivity index (χ2n) is 7.23.